The summed E-state index contributed by atoms with van der Waals surface area (Å²) in [5.74, 6) is -0.0638. The summed E-state index contributed by atoms with van der Waals surface area (Å²) in [5, 5.41) is 0. The van der Waals surface area contributed by atoms with Crippen LogP contribution in [0.1, 0.15) is 31.2 Å². The van der Waals surface area contributed by atoms with Crippen molar-refractivity contribution in [2.24, 2.45) is 0 Å². The Balaban J connectivity index is 1.48. The van der Waals surface area contributed by atoms with Gasteiger partial charge in [0.1, 0.15) is 0 Å². The van der Waals surface area contributed by atoms with Crippen LogP contribution in [-0.4, -0.2) is 42.8 Å². The highest BCUT2D eigenvalue weighted by atomic mass is 32.2. The van der Waals surface area contributed by atoms with Crippen LogP contribution < -0.4 is 10.5 Å². The summed E-state index contributed by atoms with van der Waals surface area (Å²) in [6, 6.07) is 9.98. The molecule has 0 atom stereocenters. The number of nitrogens with zero attached hydrogens (tertiary/aromatic N) is 3. The lowest BCUT2D eigenvalue weighted by molar-refractivity contribution is -0.118. The molecule has 0 N–H and O–H groups in total. The quantitative estimate of drug-likeness (QED) is 0.748. The number of anilines is 1. The normalized spacial score (nSPS) is 17.3. The summed E-state index contributed by atoms with van der Waals surface area (Å²) in [6.45, 7) is 2.00. The third-order valence-electron chi connectivity index (χ3n) is 5.67. The van der Waals surface area contributed by atoms with Gasteiger partial charge in [0, 0.05) is 50.6 Å². The molecule has 2 aliphatic heterocycles. The van der Waals surface area contributed by atoms with Crippen LogP contribution in [0.4, 0.5) is 5.69 Å². The zero-order valence-corrected chi connectivity index (χ0v) is 17.1. The van der Waals surface area contributed by atoms with Crippen LogP contribution >= 0.6 is 0 Å². The molecule has 0 bridgehead atoms. The van der Waals surface area contributed by atoms with E-state index >= 15 is 0 Å². The number of sulfonamides is 1. The van der Waals surface area contributed by atoms with Gasteiger partial charge in [0.15, 0.2) is 0 Å². The Morgan fingerprint density at radius 1 is 1.00 bits per heavy atom. The van der Waals surface area contributed by atoms with E-state index in [2.05, 4.69) is 0 Å². The minimum absolute atomic E-state index is 0.0638. The molecule has 2 aliphatic rings. The fourth-order valence-electron chi connectivity index (χ4n) is 4.05. The van der Waals surface area contributed by atoms with E-state index in [9.17, 15) is 18.0 Å². The molecule has 8 heteroatoms. The lowest BCUT2D eigenvalue weighted by atomic mass is 10.2. The number of hydrogen-bond acceptors (Lipinski definition) is 4. The molecule has 1 fully saturated rings. The molecule has 154 valence electrons. The van der Waals surface area contributed by atoms with E-state index < -0.39 is 10.0 Å². The van der Waals surface area contributed by atoms with Gasteiger partial charge < -0.3 is 9.47 Å². The molecule has 1 aromatic heterocycles. The molecule has 0 radical (unpaired) electrons. The van der Waals surface area contributed by atoms with E-state index in [0.717, 1.165) is 30.5 Å². The zero-order chi connectivity index (χ0) is 20.4. The first-order valence-electron chi connectivity index (χ1n) is 10.1. The molecule has 0 saturated carbocycles. The maximum absolute atomic E-state index is 12.9. The van der Waals surface area contributed by atoms with Gasteiger partial charge in [-0.2, -0.15) is 4.31 Å². The van der Waals surface area contributed by atoms with Crippen molar-refractivity contribution in [2.75, 3.05) is 24.5 Å². The number of rotatable bonds is 5. The number of aromatic nitrogens is 1. The van der Waals surface area contributed by atoms with Gasteiger partial charge >= 0.3 is 0 Å². The highest BCUT2D eigenvalue weighted by molar-refractivity contribution is 7.89. The molecule has 1 saturated heterocycles. The SMILES string of the molecule is O=C(CCn1ccccc1=O)N1CCc2cc(S(=O)(=O)N3CCCCC3)ccc21. The standard InChI is InChI=1S/C21H25N3O4S/c25-20-6-2-5-11-22(20)14-10-21(26)24-15-9-17-16-18(7-8-19(17)24)29(27,28)23-12-3-1-4-13-23/h2,5-8,11,16H,1,3-4,9-10,12-15H2. The van der Waals surface area contributed by atoms with Crippen molar-refractivity contribution in [3.63, 3.8) is 0 Å². The fourth-order valence-corrected chi connectivity index (χ4v) is 5.62. The number of benzene rings is 1. The van der Waals surface area contributed by atoms with Gasteiger partial charge in [-0.25, -0.2) is 8.42 Å². The van der Waals surface area contributed by atoms with Gasteiger partial charge in [0.2, 0.25) is 15.9 Å². The first kappa shape index (κ1) is 19.8. The molecular weight excluding hydrogens is 390 g/mol. The number of carbonyl (C=O) groups excluding carboxylic acids is 1. The summed E-state index contributed by atoms with van der Waals surface area (Å²) in [4.78, 5) is 26.5. The molecule has 0 aliphatic carbocycles. The Kier molecular flexibility index (Phi) is 5.56. The average molecular weight is 416 g/mol. The average Bonchev–Trinajstić information content (AvgIpc) is 3.17. The van der Waals surface area contributed by atoms with Crippen LogP contribution in [0.5, 0.6) is 0 Å². The van der Waals surface area contributed by atoms with E-state index in [1.165, 1.54) is 10.6 Å². The second-order valence-corrected chi connectivity index (χ2v) is 9.47. The van der Waals surface area contributed by atoms with Gasteiger partial charge in [0.25, 0.3) is 5.56 Å². The monoisotopic (exact) mass is 415 g/mol. The summed E-state index contributed by atoms with van der Waals surface area (Å²) >= 11 is 0. The molecule has 0 unspecified atom stereocenters. The van der Waals surface area contributed by atoms with Gasteiger partial charge in [-0.15, -0.1) is 0 Å². The van der Waals surface area contributed by atoms with Crippen molar-refractivity contribution in [1.82, 2.24) is 8.87 Å². The predicted molar refractivity (Wildman–Crippen MR) is 110 cm³/mol. The predicted octanol–water partition coefficient (Wildman–Crippen LogP) is 2.00. The van der Waals surface area contributed by atoms with E-state index in [4.69, 9.17) is 0 Å². The Bertz CT molecular complexity index is 1070. The molecule has 3 heterocycles. The lowest BCUT2D eigenvalue weighted by Gasteiger charge is -2.26. The number of fused-ring (bicyclic) bond motifs is 1. The number of pyridine rings is 1. The van der Waals surface area contributed by atoms with Crippen molar-refractivity contribution in [1.29, 1.82) is 0 Å². The van der Waals surface area contributed by atoms with Crippen molar-refractivity contribution in [2.45, 2.75) is 43.5 Å². The van der Waals surface area contributed by atoms with Crippen molar-refractivity contribution in [3.8, 4) is 0 Å². The Labute approximate surface area is 170 Å². The van der Waals surface area contributed by atoms with Crippen LogP contribution in [0.2, 0.25) is 0 Å². The number of hydrogen-bond donors (Lipinski definition) is 0. The summed E-state index contributed by atoms with van der Waals surface area (Å²) < 4.78 is 28.9. The number of amides is 1. The molecule has 29 heavy (non-hydrogen) atoms. The molecular formula is C21H25N3O4S. The molecule has 1 amide bonds. The second kappa shape index (κ2) is 8.12. The Hall–Kier alpha value is -2.45. The van der Waals surface area contributed by atoms with Crippen molar-refractivity contribution >= 4 is 21.6 Å². The molecule has 1 aromatic carbocycles. The van der Waals surface area contributed by atoms with Crippen LogP contribution in [0.3, 0.4) is 0 Å². The molecule has 0 spiro atoms. The molecule has 4 rings (SSSR count). The van der Waals surface area contributed by atoms with E-state index in [1.54, 1.807) is 45.7 Å². The minimum Gasteiger partial charge on any atom is -0.315 e. The van der Waals surface area contributed by atoms with Crippen molar-refractivity contribution in [3.05, 3.63) is 58.5 Å². The van der Waals surface area contributed by atoms with Crippen molar-refractivity contribution < 1.29 is 13.2 Å². The van der Waals surface area contributed by atoms with Gasteiger partial charge in [-0.1, -0.05) is 12.5 Å². The van der Waals surface area contributed by atoms with Crippen LogP contribution in [0, 0.1) is 0 Å². The topological polar surface area (TPSA) is 79.7 Å². The maximum Gasteiger partial charge on any atom is 0.250 e. The van der Waals surface area contributed by atoms with Gasteiger partial charge in [-0.05, 0) is 49.1 Å². The van der Waals surface area contributed by atoms with Crippen LogP contribution in [0.25, 0.3) is 0 Å². The van der Waals surface area contributed by atoms with Gasteiger partial charge in [0.05, 0.1) is 4.90 Å². The Morgan fingerprint density at radius 2 is 1.79 bits per heavy atom. The largest absolute Gasteiger partial charge is 0.315 e. The molecule has 2 aromatic rings. The van der Waals surface area contributed by atoms with E-state index in [0.29, 0.717) is 37.5 Å². The number of piperidine rings is 1. The first-order chi connectivity index (χ1) is 14.0. The van der Waals surface area contributed by atoms with Crippen LogP contribution in [-0.2, 0) is 27.8 Å². The third kappa shape index (κ3) is 4.00. The van der Waals surface area contributed by atoms with Crippen LogP contribution in [0.15, 0.2) is 52.3 Å². The fraction of sp³-hybridized carbons (Fsp3) is 0.429. The summed E-state index contributed by atoms with van der Waals surface area (Å²) in [6.07, 6.45) is 5.40. The number of aryl methyl sites for hydroxylation is 1. The third-order valence-corrected chi connectivity index (χ3v) is 7.56. The zero-order valence-electron chi connectivity index (χ0n) is 16.3. The van der Waals surface area contributed by atoms with E-state index in [-0.39, 0.29) is 17.9 Å². The van der Waals surface area contributed by atoms with E-state index in [1.807, 2.05) is 0 Å². The molecule has 7 nitrogen and oxygen atoms in total. The smallest absolute Gasteiger partial charge is 0.250 e. The maximum atomic E-state index is 12.9. The highest BCUT2D eigenvalue weighted by Crippen LogP contribution is 2.32. The first-order valence-corrected chi connectivity index (χ1v) is 11.5. The number of carbonyl (C=O) groups is 1. The lowest BCUT2D eigenvalue weighted by Crippen LogP contribution is -2.35. The summed E-state index contributed by atoms with van der Waals surface area (Å²) in [7, 11) is -3.48. The minimum atomic E-state index is -3.48. The summed E-state index contributed by atoms with van der Waals surface area (Å²) in [5.41, 5.74) is 1.52. The Morgan fingerprint density at radius 3 is 2.55 bits per heavy atom. The highest BCUT2D eigenvalue weighted by Gasteiger charge is 2.29. The second-order valence-electron chi connectivity index (χ2n) is 7.53. The van der Waals surface area contributed by atoms with Gasteiger partial charge in [-0.3, -0.25) is 9.59 Å².